The third-order valence-corrected chi connectivity index (χ3v) is 9.75. The summed E-state index contributed by atoms with van der Waals surface area (Å²) < 4.78 is 54.6. The molecule has 0 spiro atoms. The predicted molar refractivity (Wildman–Crippen MR) is 178 cm³/mol. The third-order valence-electron chi connectivity index (χ3n) is 7.61. The van der Waals surface area contributed by atoms with Gasteiger partial charge in [0.15, 0.2) is 11.5 Å². The minimum Gasteiger partial charge on any atom is -0.486 e. The lowest BCUT2D eigenvalue weighted by atomic mass is 10.0. The molecule has 1 aliphatic heterocycles. The fourth-order valence-corrected chi connectivity index (χ4v) is 6.80. The molecule has 0 aliphatic carbocycles. The summed E-state index contributed by atoms with van der Waals surface area (Å²) in [6.45, 7) is 2.11. The molecule has 4 aromatic carbocycles. The van der Waals surface area contributed by atoms with Crippen molar-refractivity contribution >= 4 is 39.1 Å². The number of carbonyl (C=O) groups excluding carboxylic acids is 2. The van der Waals surface area contributed by atoms with E-state index >= 15 is 0 Å². The standard InChI is InChI=1S/C35H35ClFN3O6S/c1-2-18-38-35(42)31(21-25-8-4-3-5-9-25)39(23-26-10-6-7-11-30(26)36)34(41)24-40(28-14-12-27(37)13-15-28)47(43,44)29-16-17-32-33(22-29)46-20-19-45-32/h3-17,22,31H,2,18-21,23-24H2,1H3,(H,38,42)/t31-/m0/s1. The van der Waals surface area contributed by atoms with Crippen molar-refractivity contribution in [1.82, 2.24) is 10.2 Å². The highest BCUT2D eigenvalue weighted by atomic mass is 35.5. The van der Waals surface area contributed by atoms with E-state index < -0.39 is 34.3 Å². The lowest BCUT2D eigenvalue weighted by Gasteiger charge is -2.34. The second-order valence-corrected chi connectivity index (χ2v) is 13.2. The molecule has 1 heterocycles. The van der Waals surface area contributed by atoms with Crippen LogP contribution in [0, 0.1) is 5.82 Å². The number of carbonyl (C=O) groups is 2. The molecule has 0 radical (unpaired) electrons. The molecule has 1 N–H and O–H groups in total. The van der Waals surface area contributed by atoms with Gasteiger partial charge in [0, 0.05) is 30.6 Å². The molecule has 47 heavy (non-hydrogen) atoms. The maximum atomic E-state index is 14.5. The van der Waals surface area contributed by atoms with Gasteiger partial charge in [-0.25, -0.2) is 12.8 Å². The van der Waals surface area contributed by atoms with Gasteiger partial charge in [-0.2, -0.15) is 0 Å². The van der Waals surface area contributed by atoms with Gasteiger partial charge >= 0.3 is 0 Å². The summed E-state index contributed by atoms with van der Waals surface area (Å²) in [5.74, 6) is -0.986. The first-order chi connectivity index (χ1) is 22.7. The summed E-state index contributed by atoms with van der Waals surface area (Å²) in [5, 5.41) is 3.29. The van der Waals surface area contributed by atoms with Gasteiger partial charge in [0.05, 0.1) is 10.6 Å². The normalized spacial score (nSPS) is 13.0. The number of sulfonamides is 1. The zero-order valence-electron chi connectivity index (χ0n) is 25.8. The van der Waals surface area contributed by atoms with Gasteiger partial charge in [0.2, 0.25) is 11.8 Å². The molecule has 246 valence electrons. The van der Waals surface area contributed by atoms with Gasteiger partial charge in [0.1, 0.15) is 31.6 Å². The second-order valence-electron chi connectivity index (χ2n) is 10.9. The summed E-state index contributed by atoms with van der Waals surface area (Å²) in [7, 11) is -4.43. The lowest BCUT2D eigenvalue weighted by Crippen LogP contribution is -2.53. The Labute approximate surface area is 278 Å². The Hall–Kier alpha value is -4.61. The van der Waals surface area contributed by atoms with Crippen LogP contribution in [0.25, 0.3) is 0 Å². The number of anilines is 1. The van der Waals surface area contributed by atoms with Crippen LogP contribution in [0.15, 0.2) is 102 Å². The van der Waals surface area contributed by atoms with Crippen molar-refractivity contribution < 1.29 is 31.9 Å². The Kier molecular flexibility index (Phi) is 11.0. The van der Waals surface area contributed by atoms with Crippen molar-refractivity contribution in [2.75, 3.05) is 30.6 Å². The van der Waals surface area contributed by atoms with E-state index in [-0.39, 0.29) is 41.8 Å². The fraction of sp³-hybridized carbons (Fsp3) is 0.257. The SMILES string of the molecule is CCCNC(=O)[C@H](Cc1ccccc1)N(Cc1ccccc1Cl)C(=O)CN(c1ccc(F)cc1)S(=O)(=O)c1ccc2c(c1)OCCO2. The molecular formula is C35H35ClFN3O6S. The van der Waals surface area contributed by atoms with Gasteiger partial charge in [-0.1, -0.05) is 67.1 Å². The first kappa shape index (κ1) is 33.7. The van der Waals surface area contributed by atoms with Crippen LogP contribution in [0.1, 0.15) is 24.5 Å². The molecule has 2 amide bonds. The highest BCUT2D eigenvalue weighted by Gasteiger charge is 2.35. The zero-order valence-corrected chi connectivity index (χ0v) is 27.3. The number of benzene rings is 4. The van der Waals surface area contributed by atoms with E-state index in [0.29, 0.717) is 35.9 Å². The summed E-state index contributed by atoms with van der Waals surface area (Å²) in [4.78, 5) is 29.4. The number of fused-ring (bicyclic) bond motifs is 1. The van der Waals surface area contributed by atoms with Crippen molar-refractivity contribution in [1.29, 1.82) is 0 Å². The van der Waals surface area contributed by atoms with Crippen LogP contribution < -0.4 is 19.1 Å². The molecule has 1 aliphatic rings. The van der Waals surface area contributed by atoms with E-state index in [0.717, 1.165) is 22.0 Å². The predicted octanol–water partition coefficient (Wildman–Crippen LogP) is 5.61. The summed E-state index contributed by atoms with van der Waals surface area (Å²) in [6, 6.07) is 24.2. The smallest absolute Gasteiger partial charge is 0.264 e. The minimum atomic E-state index is -4.43. The topological polar surface area (TPSA) is 105 Å². The minimum absolute atomic E-state index is 0.0578. The van der Waals surface area contributed by atoms with Crippen LogP contribution in [0.3, 0.4) is 0 Å². The van der Waals surface area contributed by atoms with Crippen molar-refractivity contribution in [3.05, 3.63) is 119 Å². The zero-order chi connectivity index (χ0) is 33.4. The molecule has 1 atom stereocenters. The number of hydrogen-bond acceptors (Lipinski definition) is 6. The first-order valence-corrected chi connectivity index (χ1v) is 17.0. The van der Waals surface area contributed by atoms with Gasteiger partial charge in [0.25, 0.3) is 10.0 Å². The third kappa shape index (κ3) is 8.22. The molecule has 0 aromatic heterocycles. The van der Waals surface area contributed by atoms with Gasteiger partial charge < -0.3 is 19.7 Å². The van der Waals surface area contributed by atoms with E-state index in [4.69, 9.17) is 21.1 Å². The maximum absolute atomic E-state index is 14.5. The van der Waals surface area contributed by atoms with Gasteiger partial charge in [-0.15, -0.1) is 0 Å². The molecule has 0 saturated carbocycles. The lowest BCUT2D eigenvalue weighted by molar-refractivity contribution is -0.140. The van der Waals surface area contributed by atoms with E-state index in [1.165, 1.54) is 35.2 Å². The van der Waals surface area contributed by atoms with Gasteiger partial charge in [-0.05, 0) is 60.0 Å². The van der Waals surface area contributed by atoms with Crippen LogP contribution in [0.4, 0.5) is 10.1 Å². The number of amides is 2. The van der Waals surface area contributed by atoms with Crippen molar-refractivity contribution in [3.8, 4) is 11.5 Å². The number of rotatable bonds is 13. The maximum Gasteiger partial charge on any atom is 0.264 e. The van der Waals surface area contributed by atoms with Crippen LogP contribution >= 0.6 is 11.6 Å². The highest BCUT2D eigenvalue weighted by Crippen LogP contribution is 2.34. The quantitative estimate of drug-likeness (QED) is 0.197. The molecular weight excluding hydrogens is 645 g/mol. The molecule has 0 unspecified atom stereocenters. The van der Waals surface area contributed by atoms with E-state index in [9.17, 15) is 22.4 Å². The van der Waals surface area contributed by atoms with Crippen LogP contribution in [0.2, 0.25) is 5.02 Å². The summed E-state index contributed by atoms with van der Waals surface area (Å²) in [6.07, 6.45) is 0.840. The van der Waals surface area contributed by atoms with Crippen LogP contribution in [0.5, 0.6) is 11.5 Å². The van der Waals surface area contributed by atoms with Crippen molar-refractivity contribution in [3.63, 3.8) is 0 Å². The Morgan fingerprint density at radius 3 is 2.30 bits per heavy atom. The molecule has 9 nitrogen and oxygen atoms in total. The number of hydrogen-bond donors (Lipinski definition) is 1. The van der Waals surface area contributed by atoms with Crippen LogP contribution in [-0.2, 0) is 32.6 Å². The molecule has 0 bridgehead atoms. The van der Waals surface area contributed by atoms with E-state index in [2.05, 4.69) is 5.32 Å². The summed E-state index contributed by atoms with van der Waals surface area (Å²) >= 11 is 6.53. The van der Waals surface area contributed by atoms with E-state index in [1.54, 1.807) is 24.3 Å². The van der Waals surface area contributed by atoms with Crippen molar-refractivity contribution in [2.24, 2.45) is 0 Å². The molecule has 5 rings (SSSR count). The Bertz CT molecular complexity index is 1810. The Morgan fingerprint density at radius 1 is 0.915 bits per heavy atom. The number of nitrogens with zero attached hydrogens (tertiary/aromatic N) is 2. The molecule has 12 heteroatoms. The molecule has 0 saturated heterocycles. The van der Waals surface area contributed by atoms with E-state index in [1.807, 2.05) is 37.3 Å². The van der Waals surface area contributed by atoms with Crippen LogP contribution in [-0.4, -0.2) is 57.5 Å². The second kappa shape index (κ2) is 15.3. The monoisotopic (exact) mass is 679 g/mol. The van der Waals surface area contributed by atoms with Gasteiger partial charge in [-0.3, -0.25) is 13.9 Å². The fourth-order valence-electron chi connectivity index (χ4n) is 5.18. The number of halogens is 2. The number of nitrogens with one attached hydrogen (secondary N) is 1. The average Bonchev–Trinajstić information content (AvgIpc) is 3.09. The molecule has 0 fully saturated rings. The Morgan fingerprint density at radius 2 is 1.60 bits per heavy atom. The summed E-state index contributed by atoms with van der Waals surface area (Å²) in [5.41, 5.74) is 1.44. The largest absolute Gasteiger partial charge is 0.486 e. The first-order valence-electron chi connectivity index (χ1n) is 15.2. The number of ether oxygens (including phenoxy) is 2. The molecule has 4 aromatic rings. The Balaban J connectivity index is 1.57. The average molecular weight is 680 g/mol. The van der Waals surface area contributed by atoms with Crippen molar-refractivity contribution in [2.45, 2.75) is 37.2 Å². The highest BCUT2D eigenvalue weighted by molar-refractivity contribution is 7.92.